The van der Waals surface area contributed by atoms with Crippen LogP contribution in [0.15, 0.2) is 6.20 Å². The normalized spacial score (nSPS) is 14.1. The van der Waals surface area contributed by atoms with Crippen LogP contribution in [0.4, 0.5) is 5.95 Å². The Morgan fingerprint density at radius 1 is 1.45 bits per heavy atom. The number of aromatic nitrogens is 4. The van der Waals surface area contributed by atoms with Gasteiger partial charge in [0.2, 0.25) is 11.9 Å². The van der Waals surface area contributed by atoms with Crippen molar-refractivity contribution in [3.8, 4) is 0 Å². The van der Waals surface area contributed by atoms with Crippen molar-refractivity contribution in [1.82, 2.24) is 18.9 Å². The van der Waals surface area contributed by atoms with Crippen molar-refractivity contribution in [3.05, 3.63) is 22.7 Å². The van der Waals surface area contributed by atoms with Crippen LogP contribution in [0, 0.1) is 0 Å². The Kier molecular flexibility index (Phi) is 3.77. The van der Waals surface area contributed by atoms with E-state index in [-0.39, 0.29) is 12.3 Å². The van der Waals surface area contributed by atoms with Crippen LogP contribution < -0.4 is 5.32 Å². The van der Waals surface area contributed by atoms with Gasteiger partial charge in [0.15, 0.2) is 0 Å². The van der Waals surface area contributed by atoms with E-state index in [0.717, 1.165) is 35.9 Å². The van der Waals surface area contributed by atoms with Gasteiger partial charge in [0, 0.05) is 19.2 Å². The van der Waals surface area contributed by atoms with Crippen LogP contribution in [-0.4, -0.2) is 24.8 Å². The van der Waals surface area contributed by atoms with Gasteiger partial charge in [-0.15, -0.1) is 0 Å². The molecule has 0 radical (unpaired) electrons. The number of carbonyl (C=O) groups excluding carboxylic acids is 1. The summed E-state index contributed by atoms with van der Waals surface area (Å²) in [6, 6.07) is 0. The monoisotopic (exact) mass is 291 g/mol. The Labute approximate surface area is 121 Å². The molecule has 0 aromatic carbocycles. The SMILES string of the molecule is CCc1nc(NC(=O)Cc2cn3c(n2)CCCC3)ns1. The first-order valence-corrected chi connectivity index (χ1v) is 7.69. The summed E-state index contributed by atoms with van der Waals surface area (Å²) in [6.45, 7) is 3.03. The molecule has 1 N–H and O–H groups in total. The van der Waals surface area contributed by atoms with Gasteiger partial charge in [-0.2, -0.15) is 4.37 Å². The summed E-state index contributed by atoms with van der Waals surface area (Å²) in [5.41, 5.74) is 0.824. The van der Waals surface area contributed by atoms with Crippen molar-refractivity contribution in [3.63, 3.8) is 0 Å². The van der Waals surface area contributed by atoms with Crippen molar-refractivity contribution in [2.45, 2.75) is 45.6 Å². The first kappa shape index (κ1) is 13.2. The molecule has 0 atom stereocenters. The van der Waals surface area contributed by atoms with E-state index >= 15 is 0 Å². The molecule has 3 heterocycles. The lowest BCUT2D eigenvalue weighted by atomic mass is 10.2. The van der Waals surface area contributed by atoms with Crippen molar-refractivity contribution in [2.24, 2.45) is 0 Å². The molecular formula is C13H17N5OS. The predicted octanol–water partition coefficient (Wildman–Crippen LogP) is 1.81. The number of fused-ring (bicyclic) bond motifs is 1. The third kappa shape index (κ3) is 2.87. The zero-order valence-electron chi connectivity index (χ0n) is 11.4. The number of amides is 1. The molecule has 1 aliphatic heterocycles. The van der Waals surface area contributed by atoms with Crippen LogP contribution in [0.25, 0.3) is 0 Å². The average molecular weight is 291 g/mol. The maximum Gasteiger partial charge on any atom is 0.241 e. The number of rotatable bonds is 4. The van der Waals surface area contributed by atoms with E-state index in [1.807, 2.05) is 13.1 Å². The van der Waals surface area contributed by atoms with Crippen molar-refractivity contribution in [2.75, 3.05) is 5.32 Å². The highest BCUT2D eigenvalue weighted by Gasteiger charge is 2.15. The smallest absolute Gasteiger partial charge is 0.241 e. The predicted molar refractivity (Wildman–Crippen MR) is 76.8 cm³/mol. The van der Waals surface area contributed by atoms with Crippen LogP contribution in [0.2, 0.25) is 0 Å². The molecular weight excluding hydrogens is 274 g/mol. The molecule has 2 aromatic heterocycles. The van der Waals surface area contributed by atoms with Crippen molar-refractivity contribution < 1.29 is 4.79 Å². The Morgan fingerprint density at radius 3 is 3.10 bits per heavy atom. The lowest BCUT2D eigenvalue weighted by Crippen LogP contribution is -2.15. The number of carbonyl (C=O) groups is 1. The second kappa shape index (κ2) is 5.70. The van der Waals surface area contributed by atoms with Gasteiger partial charge >= 0.3 is 0 Å². The molecule has 106 valence electrons. The second-order valence-electron chi connectivity index (χ2n) is 4.89. The molecule has 0 bridgehead atoms. The molecule has 0 spiro atoms. The minimum atomic E-state index is -0.110. The molecule has 0 saturated heterocycles. The third-order valence-corrected chi connectivity index (χ3v) is 4.18. The number of anilines is 1. The first-order chi connectivity index (χ1) is 9.74. The second-order valence-corrected chi connectivity index (χ2v) is 5.73. The van der Waals surface area contributed by atoms with Gasteiger partial charge in [0.05, 0.1) is 12.1 Å². The van der Waals surface area contributed by atoms with Gasteiger partial charge in [-0.25, -0.2) is 9.97 Å². The fourth-order valence-corrected chi connectivity index (χ4v) is 2.87. The van der Waals surface area contributed by atoms with E-state index in [0.29, 0.717) is 5.95 Å². The molecule has 0 aliphatic carbocycles. The molecule has 1 amide bonds. The van der Waals surface area contributed by atoms with Gasteiger partial charge in [-0.1, -0.05) is 6.92 Å². The highest BCUT2D eigenvalue weighted by atomic mass is 32.1. The summed E-state index contributed by atoms with van der Waals surface area (Å²) in [5.74, 6) is 1.39. The first-order valence-electron chi connectivity index (χ1n) is 6.92. The van der Waals surface area contributed by atoms with Crippen molar-refractivity contribution in [1.29, 1.82) is 0 Å². The summed E-state index contributed by atoms with van der Waals surface area (Å²) in [7, 11) is 0. The van der Waals surface area contributed by atoms with Crippen molar-refractivity contribution >= 4 is 23.4 Å². The van der Waals surface area contributed by atoms with Crippen LogP contribution in [0.3, 0.4) is 0 Å². The quantitative estimate of drug-likeness (QED) is 0.932. The maximum absolute atomic E-state index is 12.0. The van der Waals surface area contributed by atoms with Gasteiger partial charge in [-0.3, -0.25) is 10.1 Å². The molecule has 2 aromatic rings. The number of nitrogens with one attached hydrogen (secondary N) is 1. The van der Waals surface area contributed by atoms with E-state index in [2.05, 4.69) is 24.2 Å². The summed E-state index contributed by atoms with van der Waals surface area (Å²) in [6.07, 6.45) is 6.49. The minimum absolute atomic E-state index is 0.110. The maximum atomic E-state index is 12.0. The average Bonchev–Trinajstić information content (AvgIpc) is 3.04. The highest BCUT2D eigenvalue weighted by molar-refractivity contribution is 7.05. The standard InChI is InChI=1S/C13H17N5OS/c1-2-12-16-13(17-20-12)15-11(19)7-9-8-18-6-4-3-5-10(18)14-9/h8H,2-7H2,1H3,(H,15,17,19). The third-order valence-electron chi connectivity index (χ3n) is 3.32. The molecule has 7 heteroatoms. The molecule has 0 saturated carbocycles. The Balaban J connectivity index is 1.62. The number of hydrogen-bond donors (Lipinski definition) is 1. The minimum Gasteiger partial charge on any atom is -0.335 e. The van der Waals surface area contributed by atoms with Gasteiger partial charge < -0.3 is 4.57 Å². The van der Waals surface area contributed by atoms with E-state index in [4.69, 9.17) is 0 Å². The van der Waals surface area contributed by atoms with E-state index in [1.165, 1.54) is 24.4 Å². The van der Waals surface area contributed by atoms with E-state index in [1.54, 1.807) is 0 Å². The van der Waals surface area contributed by atoms with Gasteiger partial charge in [-0.05, 0) is 30.8 Å². The van der Waals surface area contributed by atoms with Crippen LogP contribution in [-0.2, 0) is 30.6 Å². The molecule has 6 nitrogen and oxygen atoms in total. The zero-order chi connectivity index (χ0) is 13.9. The summed E-state index contributed by atoms with van der Waals surface area (Å²) in [5, 5.41) is 3.65. The lowest BCUT2D eigenvalue weighted by Gasteiger charge is -2.11. The van der Waals surface area contributed by atoms with E-state index < -0.39 is 0 Å². The number of imidazole rings is 1. The Hall–Kier alpha value is -1.76. The van der Waals surface area contributed by atoms with Gasteiger partial charge in [0.1, 0.15) is 10.8 Å². The van der Waals surface area contributed by atoms with Crippen LogP contribution in [0.1, 0.15) is 36.3 Å². The number of nitrogens with zero attached hydrogens (tertiary/aromatic N) is 4. The van der Waals surface area contributed by atoms with E-state index in [9.17, 15) is 4.79 Å². The Bertz CT molecular complexity index is 595. The van der Waals surface area contributed by atoms with Gasteiger partial charge in [0.25, 0.3) is 0 Å². The van der Waals surface area contributed by atoms with Crippen LogP contribution >= 0.6 is 11.5 Å². The zero-order valence-corrected chi connectivity index (χ0v) is 12.2. The largest absolute Gasteiger partial charge is 0.335 e. The summed E-state index contributed by atoms with van der Waals surface area (Å²) < 4.78 is 6.26. The molecule has 3 rings (SSSR count). The molecule has 20 heavy (non-hydrogen) atoms. The molecule has 0 unspecified atom stereocenters. The van der Waals surface area contributed by atoms with Crippen LogP contribution in [0.5, 0.6) is 0 Å². The summed E-state index contributed by atoms with van der Waals surface area (Å²) >= 11 is 1.32. The fourth-order valence-electron chi connectivity index (χ4n) is 2.34. The fraction of sp³-hybridized carbons (Fsp3) is 0.538. The Morgan fingerprint density at radius 2 is 2.35 bits per heavy atom. The molecule has 1 aliphatic rings. The number of hydrogen-bond acceptors (Lipinski definition) is 5. The highest BCUT2D eigenvalue weighted by Crippen LogP contribution is 2.15. The molecule has 0 fully saturated rings. The number of aryl methyl sites for hydroxylation is 3. The summed E-state index contributed by atoms with van der Waals surface area (Å²) in [4.78, 5) is 20.7. The topological polar surface area (TPSA) is 72.7 Å². The lowest BCUT2D eigenvalue weighted by molar-refractivity contribution is -0.115.